The highest BCUT2D eigenvalue weighted by molar-refractivity contribution is 5.00. The molecule has 0 radical (unpaired) electrons. The van der Waals surface area contributed by atoms with E-state index in [2.05, 4.69) is 32.6 Å². The lowest BCUT2D eigenvalue weighted by Gasteiger charge is -2.55. The Morgan fingerprint density at radius 2 is 1.62 bits per heavy atom. The van der Waals surface area contributed by atoms with Crippen LogP contribution in [0.15, 0.2) is 0 Å². The zero-order chi connectivity index (χ0) is 12.6. The van der Waals surface area contributed by atoms with Crippen LogP contribution in [0.2, 0.25) is 0 Å². The van der Waals surface area contributed by atoms with E-state index in [0.29, 0.717) is 6.54 Å². The molecule has 1 saturated heterocycles. The fourth-order valence-corrected chi connectivity index (χ4v) is 3.10. The lowest BCUT2D eigenvalue weighted by Crippen LogP contribution is -2.63. The van der Waals surface area contributed by atoms with Gasteiger partial charge in [-0.2, -0.15) is 0 Å². The Bertz CT molecular complexity index is 220. The van der Waals surface area contributed by atoms with Gasteiger partial charge < -0.3 is 10.2 Å². The van der Waals surface area contributed by atoms with E-state index in [4.69, 9.17) is 0 Å². The van der Waals surface area contributed by atoms with Gasteiger partial charge in [0.1, 0.15) is 0 Å². The Morgan fingerprint density at radius 1 is 1.19 bits per heavy atom. The lowest BCUT2D eigenvalue weighted by molar-refractivity contribution is -0.0968. The minimum absolute atomic E-state index is 0.0443. The first-order chi connectivity index (χ1) is 7.19. The number of hydrogen-bond donors (Lipinski definition) is 2. The molecule has 0 saturated carbocycles. The van der Waals surface area contributed by atoms with Crippen LogP contribution in [0.5, 0.6) is 0 Å². The van der Waals surface area contributed by atoms with Crippen LogP contribution in [0.1, 0.15) is 53.9 Å². The molecule has 0 aromatic carbocycles. The summed E-state index contributed by atoms with van der Waals surface area (Å²) in [4.78, 5) is 2.35. The van der Waals surface area contributed by atoms with Gasteiger partial charge in [0.2, 0.25) is 0 Å². The highest BCUT2D eigenvalue weighted by Gasteiger charge is 2.44. The van der Waals surface area contributed by atoms with E-state index < -0.39 is 0 Å². The number of aliphatic hydroxyl groups excluding tert-OH is 2. The maximum absolute atomic E-state index is 9.90. The fourth-order valence-electron chi connectivity index (χ4n) is 3.10. The van der Waals surface area contributed by atoms with Gasteiger partial charge in [-0.25, -0.2) is 0 Å². The average Bonchev–Trinajstić information content (AvgIpc) is 2.08. The number of rotatable bonds is 3. The van der Waals surface area contributed by atoms with Crippen molar-refractivity contribution in [2.24, 2.45) is 0 Å². The molecule has 16 heavy (non-hydrogen) atoms. The lowest BCUT2D eigenvalue weighted by atomic mass is 9.78. The average molecular weight is 229 g/mol. The van der Waals surface area contributed by atoms with E-state index in [0.717, 1.165) is 19.3 Å². The first-order valence-corrected chi connectivity index (χ1v) is 6.33. The predicted molar refractivity (Wildman–Crippen MR) is 66.4 cm³/mol. The summed E-state index contributed by atoms with van der Waals surface area (Å²) in [6, 6.07) is 0. The standard InChI is InChI=1S/C13H27NO2/c1-6-10(15)9-14-12(2,3)7-11(16)8-13(14,4)5/h10-11,15-16H,6-9H2,1-5H3. The predicted octanol–water partition coefficient (Wildman–Crippen LogP) is 1.77. The minimum Gasteiger partial charge on any atom is -0.393 e. The third-order valence-electron chi connectivity index (χ3n) is 3.80. The van der Waals surface area contributed by atoms with Crippen molar-refractivity contribution in [1.82, 2.24) is 4.90 Å². The van der Waals surface area contributed by atoms with E-state index in [1.807, 2.05) is 6.92 Å². The summed E-state index contributed by atoms with van der Waals surface area (Å²) in [5.74, 6) is 0. The number of β-amino-alcohol motifs (C(OH)–C–C–N with tert-alkyl or cyclic N) is 1. The third-order valence-corrected chi connectivity index (χ3v) is 3.80. The van der Waals surface area contributed by atoms with Gasteiger partial charge in [0.05, 0.1) is 12.2 Å². The van der Waals surface area contributed by atoms with Crippen LogP contribution < -0.4 is 0 Å². The largest absolute Gasteiger partial charge is 0.393 e. The molecule has 0 aromatic rings. The molecular formula is C13H27NO2. The Labute approximate surface area is 99.5 Å². The van der Waals surface area contributed by atoms with Crippen molar-refractivity contribution in [3.63, 3.8) is 0 Å². The van der Waals surface area contributed by atoms with Gasteiger partial charge >= 0.3 is 0 Å². The van der Waals surface area contributed by atoms with Crippen LogP contribution in [0.4, 0.5) is 0 Å². The van der Waals surface area contributed by atoms with E-state index in [-0.39, 0.29) is 23.3 Å². The molecule has 3 heteroatoms. The smallest absolute Gasteiger partial charge is 0.0664 e. The number of hydrogen-bond acceptors (Lipinski definition) is 3. The molecule has 2 N–H and O–H groups in total. The van der Waals surface area contributed by atoms with Gasteiger partial charge in [-0.05, 0) is 47.0 Å². The first-order valence-electron chi connectivity index (χ1n) is 6.33. The molecular weight excluding hydrogens is 202 g/mol. The van der Waals surface area contributed by atoms with Crippen LogP contribution in [0, 0.1) is 0 Å². The van der Waals surface area contributed by atoms with Gasteiger partial charge in [0, 0.05) is 17.6 Å². The molecule has 1 fully saturated rings. The second-order valence-corrected chi connectivity index (χ2v) is 6.36. The first kappa shape index (κ1) is 13.9. The molecule has 0 aromatic heterocycles. The van der Waals surface area contributed by atoms with Crippen LogP contribution >= 0.6 is 0 Å². The maximum Gasteiger partial charge on any atom is 0.0664 e. The molecule has 0 spiro atoms. The molecule has 1 atom stereocenters. The van der Waals surface area contributed by atoms with Gasteiger partial charge in [-0.15, -0.1) is 0 Å². The quantitative estimate of drug-likeness (QED) is 0.775. The number of aliphatic hydroxyl groups is 2. The third kappa shape index (κ3) is 2.96. The highest BCUT2D eigenvalue weighted by Crippen LogP contribution is 2.38. The van der Waals surface area contributed by atoms with E-state index >= 15 is 0 Å². The summed E-state index contributed by atoms with van der Waals surface area (Å²) in [6.45, 7) is 11.3. The van der Waals surface area contributed by atoms with Crippen molar-refractivity contribution in [2.75, 3.05) is 6.54 Å². The molecule has 0 bridgehead atoms. The Morgan fingerprint density at radius 3 is 2.00 bits per heavy atom. The zero-order valence-corrected chi connectivity index (χ0v) is 11.3. The van der Waals surface area contributed by atoms with Crippen LogP contribution in [0.25, 0.3) is 0 Å². The monoisotopic (exact) mass is 229 g/mol. The van der Waals surface area contributed by atoms with Crippen molar-refractivity contribution in [1.29, 1.82) is 0 Å². The molecule has 1 aliphatic heterocycles. The van der Waals surface area contributed by atoms with Crippen molar-refractivity contribution >= 4 is 0 Å². The second kappa shape index (κ2) is 4.63. The summed E-state index contributed by atoms with van der Waals surface area (Å²) >= 11 is 0. The van der Waals surface area contributed by atoms with Crippen molar-refractivity contribution < 1.29 is 10.2 Å². The minimum atomic E-state index is -0.270. The van der Waals surface area contributed by atoms with Crippen LogP contribution in [0.3, 0.4) is 0 Å². The molecule has 1 unspecified atom stereocenters. The summed E-state index contributed by atoms with van der Waals surface area (Å²) in [5.41, 5.74) is -0.0887. The van der Waals surface area contributed by atoms with Gasteiger partial charge in [0.15, 0.2) is 0 Å². The topological polar surface area (TPSA) is 43.7 Å². The van der Waals surface area contributed by atoms with Crippen molar-refractivity contribution in [2.45, 2.75) is 77.2 Å². The van der Waals surface area contributed by atoms with E-state index in [9.17, 15) is 10.2 Å². The Kier molecular flexibility index (Phi) is 4.04. The van der Waals surface area contributed by atoms with Crippen LogP contribution in [-0.2, 0) is 0 Å². The van der Waals surface area contributed by atoms with Crippen molar-refractivity contribution in [3.05, 3.63) is 0 Å². The molecule has 96 valence electrons. The van der Waals surface area contributed by atoms with Gasteiger partial charge in [0.25, 0.3) is 0 Å². The summed E-state index contributed by atoms with van der Waals surface area (Å²) in [7, 11) is 0. The number of piperidine rings is 1. The molecule has 3 nitrogen and oxygen atoms in total. The molecule has 0 amide bonds. The normalized spacial score (nSPS) is 27.9. The summed E-state index contributed by atoms with van der Waals surface area (Å²) in [6.07, 6.45) is 1.86. The number of likely N-dealkylation sites (tertiary alicyclic amines) is 1. The van der Waals surface area contributed by atoms with Gasteiger partial charge in [-0.1, -0.05) is 6.92 Å². The zero-order valence-electron chi connectivity index (χ0n) is 11.3. The van der Waals surface area contributed by atoms with E-state index in [1.54, 1.807) is 0 Å². The summed E-state index contributed by atoms with van der Waals surface area (Å²) < 4.78 is 0. The maximum atomic E-state index is 9.90. The SMILES string of the molecule is CCC(O)CN1C(C)(C)CC(O)CC1(C)C. The Hall–Kier alpha value is -0.120. The van der Waals surface area contributed by atoms with Gasteiger partial charge in [-0.3, -0.25) is 4.90 Å². The second-order valence-electron chi connectivity index (χ2n) is 6.36. The fraction of sp³-hybridized carbons (Fsp3) is 1.00. The Balaban J connectivity index is 2.84. The molecule has 1 rings (SSSR count). The highest BCUT2D eigenvalue weighted by atomic mass is 16.3. The molecule has 0 aliphatic carbocycles. The molecule has 1 aliphatic rings. The number of nitrogens with zero attached hydrogens (tertiary/aromatic N) is 1. The summed E-state index contributed by atoms with van der Waals surface area (Å²) in [5, 5.41) is 19.7. The van der Waals surface area contributed by atoms with Crippen molar-refractivity contribution in [3.8, 4) is 0 Å². The van der Waals surface area contributed by atoms with E-state index in [1.165, 1.54) is 0 Å². The van der Waals surface area contributed by atoms with Crippen LogP contribution in [-0.4, -0.2) is 44.9 Å². The molecule has 1 heterocycles.